The van der Waals surface area contributed by atoms with Crippen LogP contribution in [0.1, 0.15) is 33.1 Å². The van der Waals surface area contributed by atoms with Gasteiger partial charge in [0.1, 0.15) is 5.82 Å². The van der Waals surface area contributed by atoms with E-state index in [4.69, 9.17) is 33.2 Å². The third-order valence-electron chi connectivity index (χ3n) is 8.51. The Kier molecular flexibility index (Phi) is 10.5. The highest BCUT2D eigenvalue weighted by molar-refractivity contribution is 7.89. The molecule has 0 amide bonds. The van der Waals surface area contributed by atoms with Gasteiger partial charge in [-0.15, -0.1) is 0 Å². The molecule has 11 heteroatoms. The minimum absolute atomic E-state index is 0. The molecule has 0 radical (unpaired) electrons. The summed E-state index contributed by atoms with van der Waals surface area (Å²) in [6.45, 7) is 4.87. The molecule has 0 atom stereocenters. The van der Waals surface area contributed by atoms with Gasteiger partial charge in [-0.05, 0) is 80.0 Å². The van der Waals surface area contributed by atoms with Crippen LogP contribution in [0.5, 0.6) is 0 Å². The lowest BCUT2D eigenvalue weighted by Gasteiger charge is -2.37. The van der Waals surface area contributed by atoms with Crippen LogP contribution in [0, 0.1) is 11.8 Å². The number of piperazine rings is 1. The van der Waals surface area contributed by atoms with Crippen molar-refractivity contribution in [1.82, 2.24) is 14.7 Å². The Morgan fingerprint density at radius 2 is 1.34 bits per heavy atom. The van der Waals surface area contributed by atoms with Gasteiger partial charge in [-0.2, -0.15) is 4.98 Å². The molecule has 1 aliphatic heterocycles. The standard InChI is InChI=1S/C32H36Cl2N6O2S.CH4/c33-25-18-26(34)20-28(19-25)43(41,42)36-22-24-12-10-23(11-13-24)21-35-32-37-30-9-5-4-8-29(30)31(38-32)40-16-14-39(15-17-40)27-6-2-1-3-7-27;/h1-9,18-20,23-24,36H,10-17,21-22H2,(H,35,37,38);1H4. The summed E-state index contributed by atoms with van der Waals surface area (Å²) in [4.78, 5) is 14.7. The van der Waals surface area contributed by atoms with Crippen molar-refractivity contribution in [3.05, 3.63) is 82.8 Å². The quantitative estimate of drug-likeness (QED) is 0.199. The van der Waals surface area contributed by atoms with Crippen LogP contribution in [0.4, 0.5) is 17.5 Å². The van der Waals surface area contributed by atoms with E-state index >= 15 is 0 Å². The van der Waals surface area contributed by atoms with Gasteiger partial charge in [-0.1, -0.05) is 61.0 Å². The fourth-order valence-corrected chi connectivity index (χ4v) is 7.91. The van der Waals surface area contributed by atoms with Gasteiger partial charge < -0.3 is 15.1 Å². The zero-order valence-corrected chi connectivity index (χ0v) is 26.3. The summed E-state index contributed by atoms with van der Waals surface area (Å²) in [6.07, 6.45) is 3.95. The number of fused-ring (bicyclic) bond motifs is 1. The molecule has 4 aromatic rings. The van der Waals surface area contributed by atoms with Gasteiger partial charge in [0.15, 0.2) is 0 Å². The Morgan fingerprint density at radius 1 is 0.750 bits per heavy atom. The minimum atomic E-state index is -3.67. The van der Waals surface area contributed by atoms with Crippen LogP contribution in [0.25, 0.3) is 10.9 Å². The lowest BCUT2D eigenvalue weighted by molar-refractivity contribution is 0.284. The van der Waals surface area contributed by atoms with Crippen LogP contribution >= 0.6 is 23.2 Å². The number of hydrogen-bond acceptors (Lipinski definition) is 7. The number of halogens is 2. The molecule has 44 heavy (non-hydrogen) atoms. The SMILES string of the molecule is C.O=S(=O)(NCC1CCC(CNc2nc(N3CCN(c4ccccc4)CC3)c3ccccc3n2)CC1)c1cc(Cl)cc(Cl)c1. The van der Waals surface area contributed by atoms with E-state index in [1.807, 2.05) is 12.1 Å². The van der Waals surface area contributed by atoms with Crippen molar-refractivity contribution >= 4 is 61.6 Å². The molecule has 0 spiro atoms. The van der Waals surface area contributed by atoms with E-state index in [1.165, 1.54) is 23.9 Å². The van der Waals surface area contributed by atoms with Crippen molar-refractivity contribution in [2.24, 2.45) is 11.8 Å². The van der Waals surface area contributed by atoms with Gasteiger partial charge in [0.2, 0.25) is 16.0 Å². The monoisotopic (exact) mass is 654 g/mol. The molecular formula is C33H40Cl2N6O2S. The summed E-state index contributed by atoms with van der Waals surface area (Å²) in [5.74, 6) is 2.42. The fourth-order valence-electron chi connectivity index (χ4n) is 6.07. The van der Waals surface area contributed by atoms with Crippen molar-refractivity contribution in [2.75, 3.05) is 54.4 Å². The molecule has 1 saturated heterocycles. The number of benzene rings is 3. The molecule has 2 fully saturated rings. The molecule has 2 N–H and O–H groups in total. The third kappa shape index (κ3) is 7.75. The zero-order chi connectivity index (χ0) is 29.8. The normalized spacial score (nSPS) is 19.0. The zero-order valence-electron chi connectivity index (χ0n) is 23.9. The molecule has 1 aromatic heterocycles. The van der Waals surface area contributed by atoms with Crippen molar-refractivity contribution in [2.45, 2.75) is 38.0 Å². The smallest absolute Gasteiger partial charge is 0.240 e. The summed E-state index contributed by atoms with van der Waals surface area (Å²) in [6, 6.07) is 23.2. The number of para-hydroxylation sites is 2. The molecule has 1 aliphatic carbocycles. The maximum Gasteiger partial charge on any atom is 0.240 e. The predicted octanol–water partition coefficient (Wildman–Crippen LogP) is 7.10. The first kappa shape index (κ1) is 32.3. The average Bonchev–Trinajstić information content (AvgIpc) is 3.03. The molecule has 234 valence electrons. The molecular weight excluding hydrogens is 615 g/mol. The second kappa shape index (κ2) is 14.3. The Labute approximate surface area is 270 Å². The Balaban J connectivity index is 0.00000384. The van der Waals surface area contributed by atoms with E-state index < -0.39 is 10.0 Å². The van der Waals surface area contributed by atoms with Crippen molar-refractivity contribution in [1.29, 1.82) is 0 Å². The van der Waals surface area contributed by atoms with E-state index in [9.17, 15) is 8.42 Å². The number of rotatable bonds is 9. The van der Waals surface area contributed by atoms with E-state index in [0.29, 0.717) is 34.4 Å². The van der Waals surface area contributed by atoms with Gasteiger partial charge in [0, 0.05) is 60.4 Å². The maximum atomic E-state index is 12.8. The molecule has 3 aromatic carbocycles. The first-order valence-electron chi connectivity index (χ1n) is 14.9. The summed E-state index contributed by atoms with van der Waals surface area (Å²) >= 11 is 12.0. The van der Waals surface area contributed by atoms with Crippen molar-refractivity contribution in [3.63, 3.8) is 0 Å². The van der Waals surface area contributed by atoms with Crippen LogP contribution in [0.3, 0.4) is 0 Å². The Hall–Kier alpha value is -3.11. The van der Waals surface area contributed by atoms with Crippen LogP contribution in [-0.4, -0.2) is 57.7 Å². The summed E-state index contributed by atoms with van der Waals surface area (Å²) < 4.78 is 28.3. The molecule has 2 aliphatic rings. The van der Waals surface area contributed by atoms with Gasteiger partial charge in [0.25, 0.3) is 0 Å². The van der Waals surface area contributed by atoms with E-state index in [-0.39, 0.29) is 12.3 Å². The molecule has 1 saturated carbocycles. The predicted molar refractivity (Wildman–Crippen MR) is 183 cm³/mol. The number of nitrogens with zero attached hydrogens (tertiary/aromatic N) is 4. The average molecular weight is 656 g/mol. The third-order valence-corrected chi connectivity index (χ3v) is 10.3. The summed E-state index contributed by atoms with van der Waals surface area (Å²) in [7, 11) is -3.67. The highest BCUT2D eigenvalue weighted by atomic mass is 35.5. The first-order chi connectivity index (χ1) is 20.8. The van der Waals surface area contributed by atoms with Crippen LogP contribution in [-0.2, 0) is 10.0 Å². The molecule has 0 unspecified atom stereocenters. The van der Waals surface area contributed by atoms with E-state index in [0.717, 1.165) is 75.1 Å². The highest BCUT2D eigenvalue weighted by Crippen LogP contribution is 2.31. The lowest BCUT2D eigenvalue weighted by Crippen LogP contribution is -2.47. The lowest BCUT2D eigenvalue weighted by atomic mass is 9.82. The van der Waals surface area contributed by atoms with Crippen molar-refractivity contribution < 1.29 is 8.42 Å². The number of anilines is 3. The molecule has 8 nitrogen and oxygen atoms in total. The maximum absolute atomic E-state index is 12.8. The van der Waals surface area contributed by atoms with Crippen molar-refractivity contribution in [3.8, 4) is 0 Å². The van der Waals surface area contributed by atoms with Gasteiger partial charge in [-0.3, -0.25) is 0 Å². The van der Waals surface area contributed by atoms with E-state index in [1.54, 1.807) is 0 Å². The highest BCUT2D eigenvalue weighted by Gasteiger charge is 2.25. The fraction of sp³-hybridized carbons (Fsp3) is 0.394. The second-order valence-corrected chi connectivity index (χ2v) is 14.1. The van der Waals surface area contributed by atoms with Crippen LogP contribution in [0.15, 0.2) is 77.7 Å². The first-order valence-corrected chi connectivity index (χ1v) is 17.1. The number of nitrogens with one attached hydrogen (secondary N) is 2. The van der Waals surface area contributed by atoms with E-state index in [2.05, 4.69) is 62.3 Å². The summed E-state index contributed by atoms with van der Waals surface area (Å²) in [5, 5.41) is 5.20. The van der Waals surface area contributed by atoms with Gasteiger partial charge in [-0.25, -0.2) is 18.1 Å². The van der Waals surface area contributed by atoms with Gasteiger partial charge in [0.05, 0.1) is 10.4 Å². The Morgan fingerprint density at radius 3 is 2.02 bits per heavy atom. The number of hydrogen-bond donors (Lipinski definition) is 2. The minimum Gasteiger partial charge on any atom is -0.368 e. The topological polar surface area (TPSA) is 90.5 Å². The molecule has 2 heterocycles. The largest absolute Gasteiger partial charge is 0.368 e. The summed E-state index contributed by atoms with van der Waals surface area (Å²) in [5.41, 5.74) is 2.20. The van der Waals surface area contributed by atoms with Crippen LogP contribution < -0.4 is 19.8 Å². The van der Waals surface area contributed by atoms with Crippen LogP contribution in [0.2, 0.25) is 10.0 Å². The number of aromatic nitrogens is 2. The Bertz CT molecular complexity index is 1640. The second-order valence-electron chi connectivity index (χ2n) is 11.4. The molecule has 6 rings (SSSR count). The number of sulfonamides is 1. The van der Waals surface area contributed by atoms with Gasteiger partial charge >= 0.3 is 0 Å². The molecule has 0 bridgehead atoms.